The van der Waals surface area contributed by atoms with Gasteiger partial charge in [-0.1, -0.05) is 30.3 Å². The quantitative estimate of drug-likeness (QED) is 0.872. The molecule has 2 aromatic carbocycles. The molecule has 0 aromatic heterocycles. The molecule has 0 bridgehead atoms. The van der Waals surface area contributed by atoms with E-state index in [1.54, 1.807) is 30.3 Å². The Morgan fingerprint density at radius 3 is 2.19 bits per heavy atom. The third kappa shape index (κ3) is 4.64. The van der Waals surface area contributed by atoms with Crippen LogP contribution in [0.5, 0.6) is 0 Å². The number of carbonyl (C=O) groups is 1. The van der Waals surface area contributed by atoms with E-state index in [0.717, 1.165) is 11.1 Å². The van der Waals surface area contributed by atoms with Gasteiger partial charge in [-0.05, 0) is 63.9 Å². The molecule has 0 atom stereocenters. The van der Waals surface area contributed by atoms with Crippen molar-refractivity contribution in [3.8, 4) is 0 Å². The summed E-state index contributed by atoms with van der Waals surface area (Å²) in [5.41, 5.74) is 1.86. The molecule has 26 heavy (non-hydrogen) atoms. The Labute approximate surface area is 156 Å². The maximum absolute atomic E-state index is 13.2. The third-order valence-electron chi connectivity index (χ3n) is 3.98. The van der Waals surface area contributed by atoms with E-state index in [2.05, 4.69) is 5.32 Å². The zero-order valence-corrected chi connectivity index (χ0v) is 16.7. The first-order valence-electron chi connectivity index (χ1n) is 8.47. The van der Waals surface area contributed by atoms with Crippen molar-refractivity contribution in [2.75, 3.05) is 10.8 Å². The fourth-order valence-electron chi connectivity index (χ4n) is 2.61. The maximum Gasteiger partial charge on any atom is 0.264 e. The first-order chi connectivity index (χ1) is 12.0. The normalized spacial score (nSPS) is 11.9. The van der Waals surface area contributed by atoms with Gasteiger partial charge in [0.1, 0.15) is 6.54 Å². The van der Waals surface area contributed by atoms with Crippen molar-refractivity contribution in [2.24, 2.45) is 0 Å². The van der Waals surface area contributed by atoms with Crippen molar-refractivity contribution in [2.45, 2.75) is 45.1 Å². The average Bonchev–Trinajstić information content (AvgIpc) is 2.54. The lowest BCUT2D eigenvalue weighted by atomic mass is 10.1. The summed E-state index contributed by atoms with van der Waals surface area (Å²) < 4.78 is 27.7. The van der Waals surface area contributed by atoms with E-state index in [9.17, 15) is 13.2 Å². The van der Waals surface area contributed by atoms with E-state index in [4.69, 9.17) is 0 Å². The van der Waals surface area contributed by atoms with E-state index < -0.39 is 15.6 Å². The number of carbonyl (C=O) groups excluding carboxylic acids is 1. The SMILES string of the molecule is Cc1cccc(N(CC(=O)NC(C)(C)C)S(=O)(=O)c2ccccc2)c1C. The highest BCUT2D eigenvalue weighted by molar-refractivity contribution is 7.92. The number of benzene rings is 2. The van der Waals surface area contributed by atoms with Crippen LogP contribution < -0.4 is 9.62 Å². The summed E-state index contributed by atoms with van der Waals surface area (Å²) in [5, 5.41) is 2.83. The molecule has 2 aromatic rings. The van der Waals surface area contributed by atoms with Gasteiger partial charge >= 0.3 is 0 Å². The zero-order chi connectivity index (χ0) is 19.5. The molecule has 0 aliphatic carbocycles. The van der Waals surface area contributed by atoms with E-state index in [1.165, 1.54) is 16.4 Å². The molecule has 0 unspecified atom stereocenters. The Morgan fingerprint density at radius 2 is 1.62 bits per heavy atom. The number of nitrogens with zero attached hydrogens (tertiary/aromatic N) is 1. The Hall–Kier alpha value is -2.34. The van der Waals surface area contributed by atoms with E-state index in [1.807, 2.05) is 40.7 Å². The molecule has 0 radical (unpaired) electrons. The minimum absolute atomic E-state index is 0.157. The molecule has 0 aliphatic heterocycles. The smallest absolute Gasteiger partial charge is 0.264 e. The lowest BCUT2D eigenvalue weighted by molar-refractivity contribution is -0.121. The van der Waals surface area contributed by atoms with Crippen LogP contribution >= 0.6 is 0 Å². The van der Waals surface area contributed by atoms with Gasteiger partial charge in [0.15, 0.2) is 0 Å². The summed E-state index contributed by atoms with van der Waals surface area (Å²) in [7, 11) is -3.87. The topological polar surface area (TPSA) is 66.5 Å². The minimum atomic E-state index is -3.87. The molecule has 1 N–H and O–H groups in total. The van der Waals surface area contributed by atoms with Crippen LogP contribution in [0.2, 0.25) is 0 Å². The molecule has 0 heterocycles. The summed E-state index contributed by atoms with van der Waals surface area (Å²) in [4.78, 5) is 12.7. The molecular formula is C20H26N2O3S. The maximum atomic E-state index is 13.2. The van der Waals surface area contributed by atoms with Crippen LogP contribution in [0.4, 0.5) is 5.69 Å². The second-order valence-electron chi connectivity index (χ2n) is 7.34. The van der Waals surface area contributed by atoms with Gasteiger partial charge in [0, 0.05) is 5.54 Å². The molecular weight excluding hydrogens is 348 g/mol. The van der Waals surface area contributed by atoms with Gasteiger partial charge in [0.2, 0.25) is 5.91 Å². The Kier molecular flexibility index (Phi) is 5.76. The van der Waals surface area contributed by atoms with Crippen LogP contribution in [0.1, 0.15) is 31.9 Å². The molecule has 5 nitrogen and oxygen atoms in total. The zero-order valence-electron chi connectivity index (χ0n) is 15.9. The van der Waals surface area contributed by atoms with E-state index >= 15 is 0 Å². The van der Waals surface area contributed by atoms with Gasteiger partial charge < -0.3 is 5.32 Å². The highest BCUT2D eigenvalue weighted by atomic mass is 32.2. The Morgan fingerprint density at radius 1 is 1.00 bits per heavy atom. The lowest BCUT2D eigenvalue weighted by Gasteiger charge is -2.28. The summed E-state index contributed by atoms with van der Waals surface area (Å²) in [6.07, 6.45) is 0. The molecule has 0 spiro atoms. The molecule has 0 fully saturated rings. The number of sulfonamides is 1. The second-order valence-corrected chi connectivity index (χ2v) is 9.20. The average molecular weight is 375 g/mol. The van der Waals surface area contributed by atoms with Crippen molar-refractivity contribution in [3.05, 3.63) is 59.7 Å². The summed E-state index contributed by atoms with van der Waals surface area (Å²) >= 11 is 0. The number of hydrogen-bond donors (Lipinski definition) is 1. The number of amides is 1. The van der Waals surface area contributed by atoms with Crippen LogP contribution in [0, 0.1) is 13.8 Å². The Bertz CT molecular complexity index is 885. The standard InChI is InChI=1S/C20H26N2O3S/c1-15-10-9-13-18(16(15)2)22(14-19(23)21-20(3,4)5)26(24,25)17-11-7-6-8-12-17/h6-13H,14H2,1-5H3,(H,21,23). The van der Waals surface area contributed by atoms with Crippen LogP contribution in [0.3, 0.4) is 0 Å². The Balaban J connectivity index is 2.52. The van der Waals surface area contributed by atoms with Gasteiger partial charge in [-0.25, -0.2) is 8.42 Å². The van der Waals surface area contributed by atoms with E-state index in [0.29, 0.717) is 5.69 Å². The number of aryl methyl sites for hydroxylation is 1. The highest BCUT2D eigenvalue weighted by Gasteiger charge is 2.29. The van der Waals surface area contributed by atoms with Gasteiger partial charge in [-0.15, -0.1) is 0 Å². The second kappa shape index (κ2) is 7.50. The van der Waals surface area contributed by atoms with Crippen molar-refractivity contribution in [1.82, 2.24) is 5.32 Å². The molecule has 0 saturated heterocycles. The van der Waals surface area contributed by atoms with Crippen LogP contribution in [0.25, 0.3) is 0 Å². The summed E-state index contributed by atoms with van der Waals surface area (Å²) in [5.74, 6) is -0.349. The summed E-state index contributed by atoms with van der Waals surface area (Å²) in [6.45, 7) is 9.08. The van der Waals surface area contributed by atoms with E-state index in [-0.39, 0.29) is 17.3 Å². The fourth-order valence-corrected chi connectivity index (χ4v) is 4.11. The van der Waals surface area contributed by atoms with Gasteiger partial charge in [-0.2, -0.15) is 0 Å². The first-order valence-corrected chi connectivity index (χ1v) is 9.91. The number of rotatable bonds is 5. The number of anilines is 1. The first kappa shape index (κ1) is 20.0. The van der Waals surface area contributed by atoms with Gasteiger partial charge in [0.05, 0.1) is 10.6 Å². The van der Waals surface area contributed by atoms with Crippen molar-refractivity contribution < 1.29 is 13.2 Å². The van der Waals surface area contributed by atoms with Crippen molar-refractivity contribution >= 4 is 21.6 Å². The molecule has 0 saturated carbocycles. The lowest BCUT2D eigenvalue weighted by Crippen LogP contribution is -2.47. The van der Waals surface area contributed by atoms with Crippen molar-refractivity contribution in [3.63, 3.8) is 0 Å². The molecule has 2 rings (SSSR count). The van der Waals surface area contributed by atoms with Gasteiger partial charge in [0.25, 0.3) is 10.0 Å². The molecule has 1 amide bonds. The number of nitrogens with one attached hydrogen (secondary N) is 1. The monoisotopic (exact) mass is 374 g/mol. The van der Waals surface area contributed by atoms with Crippen molar-refractivity contribution in [1.29, 1.82) is 0 Å². The predicted octanol–water partition coefficient (Wildman–Crippen LogP) is 3.41. The largest absolute Gasteiger partial charge is 0.350 e. The summed E-state index contributed by atoms with van der Waals surface area (Å²) in [6, 6.07) is 13.6. The van der Waals surface area contributed by atoms with Gasteiger partial charge in [-0.3, -0.25) is 9.10 Å². The molecule has 0 aliphatic rings. The van der Waals surface area contributed by atoms with Crippen LogP contribution in [-0.4, -0.2) is 26.4 Å². The fraction of sp³-hybridized carbons (Fsp3) is 0.350. The third-order valence-corrected chi connectivity index (χ3v) is 5.75. The van der Waals surface area contributed by atoms with Crippen LogP contribution in [-0.2, 0) is 14.8 Å². The molecule has 140 valence electrons. The highest BCUT2D eigenvalue weighted by Crippen LogP contribution is 2.28. The molecule has 6 heteroatoms. The predicted molar refractivity (Wildman–Crippen MR) is 105 cm³/mol. The number of hydrogen-bond acceptors (Lipinski definition) is 3. The minimum Gasteiger partial charge on any atom is -0.350 e. The van der Waals surface area contributed by atoms with Crippen LogP contribution in [0.15, 0.2) is 53.4 Å².